The molecule has 2 heterocycles. The van der Waals surface area contributed by atoms with Crippen molar-refractivity contribution in [3.8, 4) is 0 Å². The summed E-state index contributed by atoms with van der Waals surface area (Å²) >= 11 is 6.20. The van der Waals surface area contributed by atoms with Crippen LogP contribution in [0.3, 0.4) is 0 Å². The van der Waals surface area contributed by atoms with E-state index in [1.165, 1.54) is 16.8 Å². The van der Waals surface area contributed by atoms with Gasteiger partial charge >= 0.3 is 0 Å². The highest BCUT2D eigenvalue weighted by Gasteiger charge is 2.43. The first-order chi connectivity index (χ1) is 10.8. The van der Waals surface area contributed by atoms with Gasteiger partial charge in [0.25, 0.3) is 0 Å². The Morgan fingerprint density at radius 2 is 2.00 bits per heavy atom. The quantitative estimate of drug-likeness (QED) is 0.783. The molecule has 4 rings (SSSR count). The highest BCUT2D eigenvalue weighted by Crippen LogP contribution is 2.43. The van der Waals surface area contributed by atoms with Crippen LogP contribution in [0.2, 0.25) is 5.02 Å². The first kappa shape index (κ1) is 13.9. The zero-order valence-electron chi connectivity index (χ0n) is 12.3. The number of fused-ring (bicyclic) bond motifs is 3. The summed E-state index contributed by atoms with van der Waals surface area (Å²) in [6.07, 6.45) is 6.51. The SMILES string of the molecule is Clc1ccc2c(c1)N1CCCC1(/C=C/c1ccccc1)OC2. The molecule has 0 bridgehead atoms. The highest BCUT2D eigenvalue weighted by atomic mass is 35.5. The topological polar surface area (TPSA) is 12.5 Å². The van der Waals surface area contributed by atoms with Gasteiger partial charge in [-0.15, -0.1) is 0 Å². The lowest BCUT2D eigenvalue weighted by atomic mass is 10.0. The van der Waals surface area contributed by atoms with Crippen LogP contribution in [0.15, 0.2) is 54.6 Å². The lowest BCUT2D eigenvalue weighted by molar-refractivity contribution is -0.0209. The predicted octanol–water partition coefficient (Wildman–Crippen LogP) is 4.88. The molecule has 1 atom stereocenters. The average molecular weight is 312 g/mol. The van der Waals surface area contributed by atoms with Crippen molar-refractivity contribution in [2.75, 3.05) is 11.4 Å². The van der Waals surface area contributed by atoms with E-state index in [2.05, 4.69) is 53.5 Å². The molecule has 1 unspecified atom stereocenters. The van der Waals surface area contributed by atoms with E-state index < -0.39 is 0 Å². The van der Waals surface area contributed by atoms with Crippen LogP contribution in [0.1, 0.15) is 24.0 Å². The van der Waals surface area contributed by atoms with E-state index in [9.17, 15) is 0 Å². The van der Waals surface area contributed by atoms with Crippen molar-refractivity contribution in [3.63, 3.8) is 0 Å². The summed E-state index contributed by atoms with van der Waals surface area (Å²) in [6, 6.07) is 16.4. The van der Waals surface area contributed by atoms with Crippen molar-refractivity contribution in [1.82, 2.24) is 0 Å². The van der Waals surface area contributed by atoms with Crippen LogP contribution >= 0.6 is 11.6 Å². The van der Waals surface area contributed by atoms with E-state index in [0.717, 1.165) is 24.4 Å². The molecular formula is C19H18ClNO. The second-order valence-electron chi connectivity index (χ2n) is 5.91. The maximum Gasteiger partial charge on any atom is 0.161 e. The normalized spacial score (nSPS) is 23.6. The number of benzene rings is 2. The van der Waals surface area contributed by atoms with Gasteiger partial charge in [0.2, 0.25) is 0 Å². The number of rotatable bonds is 2. The van der Waals surface area contributed by atoms with Crippen LogP contribution in [0.25, 0.3) is 6.08 Å². The highest BCUT2D eigenvalue weighted by molar-refractivity contribution is 6.30. The van der Waals surface area contributed by atoms with Crippen molar-refractivity contribution in [2.45, 2.75) is 25.2 Å². The Morgan fingerprint density at radius 1 is 1.14 bits per heavy atom. The third kappa shape index (κ3) is 2.33. The van der Waals surface area contributed by atoms with E-state index in [0.29, 0.717) is 6.61 Å². The molecule has 2 aliphatic rings. The minimum atomic E-state index is -0.326. The lowest BCUT2D eigenvalue weighted by Crippen LogP contribution is -2.47. The molecule has 2 aromatic carbocycles. The lowest BCUT2D eigenvalue weighted by Gasteiger charge is -2.42. The molecule has 0 radical (unpaired) electrons. The molecule has 2 aliphatic heterocycles. The van der Waals surface area contributed by atoms with Gasteiger partial charge in [0.05, 0.1) is 6.61 Å². The Hall–Kier alpha value is -1.77. The van der Waals surface area contributed by atoms with Crippen molar-refractivity contribution in [1.29, 1.82) is 0 Å². The van der Waals surface area contributed by atoms with Gasteiger partial charge in [-0.25, -0.2) is 0 Å². The first-order valence-electron chi connectivity index (χ1n) is 7.71. The smallest absolute Gasteiger partial charge is 0.161 e. The molecule has 0 aliphatic carbocycles. The third-order valence-corrected chi connectivity index (χ3v) is 4.76. The summed E-state index contributed by atoms with van der Waals surface area (Å²) in [5.74, 6) is 0. The molecule has 1 saturated heterocycles. The Labute approximate surface area is 136 Å². The number of nitrogens with zero attached hydrogens (tertiary/aromatic N) is 1. The maximum absolute atomic E-state index is 6.27. The maximum atomic E-state index is 6.27. The van der Waals surface area contributed by atoms with Gasteiger partial charge in [0.1, 0.15) is 0 Å². The molecule has 0 aromatic heterocycles. The molecule has 22 heavy (non-hydrogen) atoms. The van der Waals surface area contributed by atoms with Gasteiger partial charge in [-0.3, -0.25) is 0 Å². The summed E-state index contributed by atoms with van der Waals surface area (Å²) in [5.41, 5.74) is 3.31. The van der Waals surface area contributed by atoms with Gasteiger partial charge in [0, 0.05) is 29.2 Å². The number of hydrogen-bond acceptors (Lipinski definition) is 2. The van der Waals surface area contributed by atoms with Gasteiger partial charge in [-0.1, -0.05) is 54.1 Å². The fourth-order valence-electron chi connectivity index (χ4n) is 3.41. The van der Waals surface area contributed by atoms with Crippen molar-refractivity contribution >= 4 is 23.4 Å². The van der Waals surface area contributed by atoms with Crippen molar-refractivity contribution in [2.24, 2.45) is 0 Å². The molecule has 2 nitrogen and oxygen atoms in total. The molecular weight excluding hydrogens is 294 g/mol. The fourth-order valence-corrected chi connectivity index (χ4v) is 3.58. The molecule has 0 amide bonds. The van der Waals surface area contributed by atoms with Crippen LogP contribution in [-0.2, 0) is 11.3 Å². The van der Waals surface area contributed by atoms with E-state index in [1.807, 2.05) is 12.1 Å². The molecule has 3 heteroatoms. The van der Waals surface area contributed by atoms with Crippen LogP contribution in [0, 0.1) is 0 Å². The number of ether oxygens (including phenoxy) is 1. The summed E-state index contributed by atoms with van der Waals surface area (Å²) in [7, 11) is 0. The second kappa shape index (κ2) is 5.45. The van der Waals surface area contributed by atoms with Crippen molar-refractivity contribution < 1.29 is 4.74 Å². The number of halogens is 1. The van der Waals surface area contributed by atoms with Gasteiger partial charge < -0.3 is 9.64 Å². The first-order valence-corrected chi connectivity index (χ1v) is 8.09. The Morgan fingerprint density at radius 3 is 2.86 bits per heavy atom. The van der Waals surface area contributed by atoms with E-state index in [-0.39, 0.29) is 5.72 Å². The van der Waals surface area contributed by atoms with E-state index in [4.69, 9.17) is 16.3 Å². The van der Waals surface area contributed by atoms with Gasteiger partial charge in [-0.05, 0) is 30.2 Å². The third-order valence-electron chi connectivity index (χ3n) is 4.53. The average Bonchev–Trinajstić information content (AvgIpc) is 2.99. The van der Waals surface area contributed by atoms with E-state index >= 15 is 0 Å². The Balaban J connectivity index is 1.71. The summed E-state index contributed by atoms with van der Waals surface area (Å²) in [4.78, 5) is 2.36. The summed E-state index contributed by atoms with van der Waals surface area (Å²) in [6.45, 7) is 1.65. The fraction of sp³-hybridized carbons (Fsp3) is 0.263. The molecule has 1 fully saturated rings. The second-order valence-corrected chi connectivity index (χ2v) is 6.34. The van der Waals surface area contributed by atoms with Gasteiger partial charge in [-0.2, -0.15) is 0 Å². The Bertz CT molecular complexity index is 713. The molecule has 0 spiro atoms. The number of anilines is 1. The van der Waals surface area contributed by atoms with Crippen LogP contribution in [0.4, 0.5) is 5.69 Å². The largest absolute Gasteiger partial charge is 0.347 e. The predicted molar refractivity (Wildman–Crippen MR) is 91.0 cm³/mol. The van der Waals surface area contributed by atoms with Crippen molar-refractivity contribution in [3.05, 3.63) is 70.8 Å². The summed E-state index contributed by atoms with van der Waals surface area (Å²) in [5, 5.41) is 0.786. The number of hydrogen-bond donors (Lipinski definition) is 0. The van der Waals surface area contributed by atoms with E-state index in [1.54, 1.807) is 0 Å². The minimum Gasteiger partial charge on any atom is -0.347 e. The Kier molecular flexibility index (Phi) is 3.44. The zero-order chi connectivity index (χ0) is 15.0. The minimum absolute atomic E-state index is 0.326. The molecule has 112 valence electrons. The molecule has 0 N–H and O–H groups in total. The zero-order valence-corrected chi connectivity index (χ0v) is 13.1. The van der Waals surface area contributed by atoms with Gasteiger partial charge in [0.15, 0.2) is 5.72 Å². The molecule has 0 saturated carbocycles. The standard InChI is InChI=1S/C19H18ClNO/c20-17-8-7-16-14-22-19(10-4-12-21(19)18(16)13-17)11-9-15-5-2-1-3-6-15/h1-3,5-9,11,13H,4,10,12,14H2/b11-9+. The van der Waals surface area contributed by atoms with Crippen LogP contribution in [-0.4, -0.2) is 12.3 Å². The summed E-state index contributed by atoms with van der Waals surface area (Å²) < 4.78 is 6.27. The van der Waals surface area contributed by atoms with Crippen LogP contribution < -0.4 is 4.90 Å². The van der Waals surface area contributed by atoms with Crippen LogP contribution in [0.5, 0.6) is 0 Å². The monoisotopic (exact) mass is 311 g/mol. The molecule has 2 aromatic rings.